The molecular formula is C22H30N2O5. The van der Waals surface area contributed by atoms with Gasteiger partial charge < -0.3 is 24.8 Å². The van der Waals surface area contributed by atoms with Crippen molar-refractivity contribution in [2.24, 2.45) is 5.41 Å². The van der Waals surface area contributed by atoms with Crippen LogP contribution in [-0.4, -0.2) is 49.5 Å². The van der Waals surface area contributed by atoms with Crippen molar-refractivity contribution in [3.05, 3.63) is 43.0 Å². The predicted molar refractivity (Wildman–Crippen MR) is 109 cm³/mol. The minimum Gasteiger partial charge on any atom is -0.490 e. The highest BCUT2D eigenvalue weighted by atomic mass is 16.6. The van der Waals surface area contributed by atoms with Gasteiger partial charge in [0.1, 0.15) is 19.0 Å². The number of carbonyl (C=O) groups excluding carboxylic acids is 2. The van der Waals surface area contributed by atoms with Crippen LogP contribution in [0.25, 0.3) is 0 Å². The molecule has 4 unspecified atom stereocenters. The van der Waals surface area contributed by atoms with Gasteiger partial charge in [0.25, 0.3) is 0 Å². The minimum absolute atomic E-state index is 0.0349. The SMILES string of the molecule is C=CC(=O)OCC(COc1ccccc1)OC(=O)NC1CC2(C)CNC(C)(C1)C2. The molecule has 0 spiro atoms. The summed E-state index contributed by atoms with van der Waals surface area (Å²) in [7, 11) is 0. The summed E-state index contributed by atoms with van der Waals surface area (Å²) in [6.07, 6.45) is 2.68. The van der Waals surface area contributed by atoms with E-state index in [0.29, 0.717) is 5.75 Å². The molecule has 7 nitrogen and oxygen atoms in total. The van der Waals surface area contributed by atoms with E-state index >= 15 is 0 Å². The zero-order chi connectivity index (χ0) is 20.9. The first-order valence-electron chi connectivity index (χ1n) is 9.98. The third kappa shape index (κ3) is 5.97. The number of para-hydroxylation sites is 1. The van der Waals surface area contributed by atoms with Gasteiger partial charge in [-0.3, -0.25) is 0 Å². The van der Waals surface area contributed by atoms with E-state index < -0.39 is 18.2 Å². The van der Waals surface area contributed by atoms with Gasteiger partial charge in [-0.05, 0) is 43.7 Å². The molecule has 3 rings (SSSR count). The maximum Gasteiger partial charge on any atom is 0.407 e. The summed E-state index contributed by atoms with van der Waals surface area (Å²) in [5.74, 6) is 0.0711. The van der Waals surface area contributed by atoms with E-state index in [-0.39, 0.29) is 30.2 Å². The Morgan fingerprint density at radius 3 is 2.72 bits per heavy atom. The molecule has 0 radical (unpaired) electrons. The van der Waals surface area contributed by atoms with Crippen molar-refractivity contribution < 1.29 is 23.8 Å². The van der Waals surface area contributed by atoms with E-state index in [1.807, 2.05) is 18.2 Å². The molecule has 1 aliphatic carbocycles. The van der Waals surface area contributed by atoms with E-state index in [4.69, 9.17) is 14.2 Å². The van der Waals surface area contributed by atoms with Crippen LogP contribution in [0, 0.1) is 5.41 Å². The molecule has 2 N–H and O–H groups in total. The first-order valence-corrected chi connectivity index (χ1v) is 9.98. The lowest BCUT2D eigenvalue weighted by Gasteiger charge is -2.39. The van der Waals surface area contributed by atoms with E-state index in [0.717, 1.165) is 31.9 Å². The fourth-order valence-electron chi connectivity index (χ4n) is 4.50. The number of rotatable bonds is 8. The van der Waals surface area contributed by atoms with Crippen molar-refractivity contribution in [2.75, 3.05) is 19.8 Å². The summed E-state index contributed by atoms with van der Waals surface area (Å²) in [6.45, 7) is 8.74. The van der Waals surface area contributed by atoms with Gasteiger partial charge in [0.2, 0.25) is 0 Å². The first kappa shape index (κ1) is 21.2. The molecule has 4 atom stereocenters. The van der Waals surface area contributed by atoms with Crippen LogP contribution in [-0.2, 0) is 14.3 Å². The van der Waals surface area contributed by atoms with Crippen molar-refractivity contribution in [1.82, 2.24) is 10.6 Å². The van der Waals surface area contributed by atoms with Crippen LogP contribution in [0.4, 0.5) is 4.79 Å². The average molecular weight is 402 g/mol. The number of nitrogens with one attached hydrogen (secondary N) is 2. The molecule has 1 saturated carbocycles. The lowest BCUT2D eigenvalue weighted by molar-refractivity contribution is -0.141. The minimum atomic E-state index is -0.733. The van der Waals surface area contributed by atoms with Crippen molar-refractivity contribution in [1.29, 1.82) is 0 Å². The average Bonchev–Trinajstić information content (AvgIpc) is 2.91. The number of benzene rings is 1. The Kier molecular flexibility index (Phi) is 6.47. The van der Waals surface area contributed by atoms with E-state index in [2.05, 4.69) is 31.1 Å². The zero-order valence-electron chi connectivity index (χ0n) is 17.1. The van der Waals surface area contributed by atoms with Gasteiger partial charge in [0.15, 0.2) is 6.10 Å². The van der Waals surface area contributed by atoms with Gasteiger partial charge >= 0.3 is 12.1 Å². The second-order valence-corrected chi connectivity index (χ2v) is 8.64. The summed E-state index contributed by atoms with van der Waals surface area (Å²) in [4.78, 5) is 23.9. The second-order valence-electron chi connectivity index (χ2n) is 8.64. The number of carbonyl (C=O) groups is 2. The molecule has 2 aliphatic rings. The Morgan fingerprint density at radius 2 is 2.03 bits per heavy atom. The molecule has 2 fully saturated rings. The predicted octanol–water partition coefficient (Wildman–Crippen LogP) is 2.81. The van der Waals surface area contributed by atoms with E-state index in [1.165, 1.54) is 0 Å². The lowest BCUT2D eigenvalue weighted by atomic mass is 9.70. The van der Waals surface area contributed by atoms with Gasteiger partial charge in [-0.15, -0.1) is 0 Å². The zero-order valence-corrected chi connectivity index (χ0v) is 17.1. The van der Waals surface area contributed by atoms with Crippen LogP contribution >= 0.6 is 0 Å². The maximum absolute atomic E-state index is 12.5. The molecule has 1 aromatic carbocycles. The van der Waals surface area contributed by atoms with Crippen molar-refractivity contribution in [2.45, 2.75) is 50.8 Å². The molecule has 1 heterocycles. The van der Waals surface area contributed by atoms with Crippen LogP contribution in [0.2, 0.25) is 0 Å². The molecular weight excluding hydrogens is 372 g/mol. The number of ether oxygens (including phenoxy) is 3. The number of hydrogen-bond acceptors (Lipinski definition) is 6. The Morgan fingerprint density at radius 1 is 1.28 bits per heavy atom. The van der Waals surface area contributed by atoms with Crippen molar-refractivity contribution >= 4 is 12.1 Å². The smallest absolute Gasteiger partial charge is 0.407 e. The normalized spacial score (nSPS) is 28.8. The maximum atomic E-state index is 12.5. The fraction of sp³-hybridized carbons (Fsp3) is 0.545. The Bertz CT molecular complexity index is 722. The molecule has 7 heteroatoms. The van der Waals surface area contributed by atoms with Gasteiger partial charge in [0.05, 0.1) is 0 Å². The highest BCUT2D eigenvalue weighted by Gasteiger charge is 2.49. The van der Waals surface area contributed by atoms with E-state index in [1.54, 1.807) is 12.1 Å². The molecule has 1 saturated heterocycles. The summed E-state index contributed by atoms with van der Waals surface area (Å²) in [5.41, 5.74) is 0.223. The van der Waals surface area contributed by atoms with Crippen molar-refractivity contribution in [3.63, 3.8) is 0 Å². The van der Waals surface area contributed by atoms with Gasteiger partial charge in [-0.2, -0.15) is 0 Å². The van der Waals surface area contributed by atoms with Gasteiger partial charge in [-0.25, -0.2) is 9.59 Å². The summed E-state index contributed by atoms with van der Waals surface area (Å²) < 4.78 is 16.2. The second kappa shape index (κ2) is 8.86. The summed E-state index contributed by atoms with van der Waals surface area (Å²) in [6, 6.07) is 9.23. The summed E-state index contributed by atoms with van der Waals surface area (Å²) >= 11 is 0. The standard InChI is InChI=1S/C22H30N2O5/c1-4-19(25)28-13-18(12-27-17-8-6-5-7-9-17)29-20(26)24-16-10-21(2)14-22(3,11-16)23-15-21/h4-9,16,18,23H,1,10-15H2,2-3H3,(H,24,26). The largest absolute Gasteiger partial charge is 0.490 e. The highest BCUT2D eigenvalue weighted by Crippen LogP contribution is 2.45. The molecule has 2 bridgehead atoms. The lowest BCUT2D eigenvalue weighted by Crippen LogP contribution is -2.49. The third-order valence-electron chi connectivity index (χ3n) is 5.55. The Labute approximate surface area is 171 Å². The molecule has 29 heavy (non-hydrogen) atoms. The number of fused-ring (bicyclic) bond motifs is 2. The summed E-state index contributed by atoms with van der Waals surface area (Å²) in [5, 5.41) is 6.56. The van der Waals surface area contributed by atoms with Gasteiger partial charge in [-0.1, -0.05) is 31.7 Å². The van der Waals surface area contributed by atoms with E-state index in [9.17, 15) is 9.59 Å². The van der Waals surface area contributed by atoms with Crippen LogP contribution in [0.1, 0.15) is 33.1 Å². The molecule has 1 amide bonds. The van der Waals surface area contributed by atoms with Crippen LogP contribution in [0.5, 0.6) is 5.75 Å². The fourth-order valence-corrected chi connectivity index (χ4v) is 4.50. The molecule has 158 valence electrons. The monoisotopic (exact) mass is 402 g/mol. The first-order chi connectivity index (χ1) is 13.8. The van der Waals surface area contributed by atoms with Crippen LogP contribution < -0.4 is 15.4 Å². The third-order valence-corrected chi connectivity index (χ3v) is 5.55. The van der Waals surface area contributed by atoms with Crippen LogP contribution in [0.15, 0.2) is 43.0 Å². The Hall–Kier alpha value is -2.54. The number of esters is 1. The van der Waals surface area contributed by atoms with Crippen LogP contribution in [0.3, 0.4) is 0 Å². The van der Waals surface area contributed by atoms with Crippen molar-refractivity contribution in [3.8, 4) is 5.75 Å². The Balaban J connectivity index is 1.54. The number of alkyl carbamates (subject to hydrolysis) is 1. The topological polar surface area (TPSA) is 85.9 Å². The molecule has 1 aromatic rings. The van der Waals surface area contributed by atoms with Gasteiger partial charge in [0, 0.05) is 24.2 Å². The molecule has 0 aromatic heterocycles. The highest BCUT2D eigenvalue weighted by molar-refractivity contribution is 5.81. The quantitative estimate of drug-likeness (QED) is 0.514. The number of amides is 1. The molecule has 1 aliphatic heterocycles. The number of hydrogen-bond donors (Lipinski definition) is 2.